The van der Waals surface area contributed by atoms with E-state index in [2.05, 4.69) is 32.1 Å². The molecule has 1 atom stereocenters. The molecule has 25 heavy (non-hydrogen) atoms. The van der Waals surface area contributed by atoms with Crippen LogP contribution in [-0.2, 0) is 6.54 Å². The Morgan fingerprint density at radius 2 is 2.20 bits per heavy atom. The first-order valence-corrected chi connectivity index (χ1v) is 8.86. The van der Waals surface area contributed by atoms with Gasteiger partial charge in [0, 0.05) is 38.5 Å². The number of para-hydroxylation sites is 1. The van der Waals surface area contributed by atoms with Crippen molar-refractivity contribution in [1.29, 1.82) is 0 Å². The standard InChI is InChI=1S/C17H23N5OS.HI/c1-18-16(19-10-12-11-24-17(20-12)22(2)3)21-14-8-9-23-15-7-5-4-6-13(14)15;/h4-7,11,14H,8-10H2,1-3H3,(H2,18,19,21);1H. The summed E-state index contributed by atoms with van der Waals surface area (Å²) in [6.45, 7) is 1.36. The molecule has 2 N–H and O–H groups in total. The Labute approximate surface area is 169 Å². The van der Waals surface area contributed by atoms with E-state index in [1.165, 1.54) is 5.56 Å². The Hall–Kier alpha value is -1.55. The number of thiazole rings is 1. The van der Waals surface area contributed by atoms with E-state index in [-0.39, 0.29) is 30.0 Å². The molecule has 2 aromatic rings. The van der Waals surface area contributed by atoms with Gasteiger partial charge in [0.1, 0.15) is 5.75 Å². The molecule has 0 aliphatic carbocycles. The number of fused-ring (bicyclic) bond motifs is 1. The van der Waals surface area contributed by atoms with Gasteiger partial charge >= 0.3 is 0 Å². The minimum absolute atomic E-state index is 0. The lowest BCUT2D eigenvalue weighted by molar-refractivity contribution is 0.261. The maximum atomic E-state index is 5.71. The summed E-state index contributed by atoms with van der Waals surface area (Å²) in [5, 5.41) is 9.90. The average Bonchev–Trinajstić information content (AvgIpc) is 3.08. The lowest BCUT2D eigenvalue weighted by atomic mass is 10.0. The van der Waals surface area contributed by atoms with Crippen LogP contribution >= 0.6 is 35.3 Å². The van der Waals surface area contributed by atoms with Crippen molar-refractivity contribution < 1.29 is 4.74 Å². The number of aromatic nitrogens is 1. The van der Waals surface area contributed by atoms with Crippen LogP contribution in [0.15, 0.2) is 34.6 Å². The van der Waals surface area contributed by atoms with Gasteiger partial charge in [-0.2, -0.15) is 0 Å². The number of benzene rings is 1. The second-order valence-electron chi connectivity index (χ2n) is 5.81. The molecule has 1 aliphatic rings. The molecule has 8 heteroatoms. The van der Waals surface area contributed by atoms with E-state index < -0.39 is 0 Å². The highest BCUT2D eigenvalue weighted by Gasteiger charge is 2.21. The Balaban J connectivity index is 0.00000225. The number of nitrogens with zero attached hydrogens (tertiary/aromatic N) is 3. The number of nitrogens with one attached hydrogen (secondary N) is 2. The molecule has 0 amide bonds. The highest BCUT2D eigenvalue weighted by Crippen LogP contribution is 2.31. The third kappa shape index (κ3) is 4.97. The largest absolute Gasteiger partial charge is 0.493 e. The number of rotatable bonds is 4. The zero-order valence-corrected chi connectivity index (χ0v) is 17.8. The summed E-state index contributed by atoms with van der Waals surface area (Å²) in [5.74, 6) is 1.72. The van der Waals surface area contributed by atoms with Gasteiger partial charge in [0.2, 0.25) is 0 Å². The van der Waals surface area contributed by atoms with Gasteiger partial charge in [-0.3, -0.25) is 4.99 Å². The lowest BCUT2D eigenvalue weighted by Gasteiger charge is -2.28. The second kappa shape index (κ2) is 9.23. The second-order valence-corrected chi connectivity index (χ2v) is 6.65. The van der Waals surface area contributed by atoms with Crippen molar-refractivity contribution in [3.05, 3.63) is 40.9 Å². The molecule has 0 bridgehead atoms. The monoisotopic (exact) mass is 473 g/mol. The van der Waals surface area contributed by atoms with Crippen LogP contribution in [0, 0.1) is 0 Å². The molecule has 0 saturated heterocycles. The lowest BCUT2D eigenvalue weighted by Crippen LogP contribution is -2.40. The van der Waals surface area contributed by atoms with Crippen molar-refractivity contribution in [2.45, 2.75) is 19.0 Å². The maximum Gasteiger partial charge on any atom is 0.191 e. The quantitative estimate of drug-likeness (QED) is 0.406. The summed E-state index contributed by atoms with van der Waals surface area (Å²) in [6.07, 6.45) is 0.916. The van der Waals surface area contributed by atoms with Gasteiger partial charge in [-0.1, -0.05) is 18.2 Å². The number of guanidine groups is 1. The molecular formula is C17H24IN5OS. The van der Waals surface area contributed by atoms with E-state index in [0.29, 0.717) is 13.2 Å². The summed E-state index contributed by atoms with van der Waals surface area (Å²) < 4.78 is 5.71. The van der Waals surface area contributed by atoms with Gasteiger partial charge in [-0.05, 0) is 6.07 Å². The Bertz CT molecular complexity index is 719. The first kappa shape index (κ1) is 19.8. The molecule has 1 unspecified atom stereocenters. The summed E-state index contributed by atoms with van der Waals surface area (Å²) in [4.78, 5) is 10.9. The van der Waals surface area contributed by atoms with E-state index in [0.717, 1.165) is 29.0 Å². The first-order valence-electron chi connectivity index (χ1n) is 7.98. The van der Waals surface area contributed by atoms with Crippen molar-refractivity contribution in [2.75, 3.05) is 32.6 Å². The average molecular weight is 473 g/mol. The summed E-state index contributed by atoms with van der Waals surface area (Å²) in [5.41, 5.74) is 2.19. The van der Waals surface area contributed by atoms with Crippen LogP contribution in [0.25, 0.3) is 0 Å². The van der Waals surface area contributed by atoms with Crippen LogP contribution in [0.1, 0.15) is 23.7 Å². The van der Waals surface area contributed by atoms with Crippen molar-refractivity contribution in [2.24, 2.45) is 4.99 Å². The van der Waals surface area contributed by atoms with E-state index in [1.54, 1.807) is 18.4 Å². The number of hydrogen-bond donors (Lipinski definition) is 2. The Kier molecular flexibility index (Phi) is 7.30. The molecule has 2 heterocycles. The number of hydrogen-bond acceptors (Lipinski definition) is 5. The fourth-order valence-electron chi connectivity index (χ4n) is 2.61. The van der Waals surface area contributed by atoms with Gasteiger partial charge in [-0.15, -0.1) is 35.3 Å². The van der Waals surface area contributed by atoms with Gasteiger partial charge in [0.25, 0.3) is 0 Å². The fraction of sp³-hybridized carbons (Fsp3) is 0.412. The third-order valence-electron chi connectivity index (χ3n) is 3.85. The minimum atomic E-state index is 0. The highest BCUT2D eigenvalue weighted by atomic mass is 127. The van der Waals surface area contributed by atoms with E-state index >= 15 is 0 Å². The van der Waals surface area contributed by atoms with Gasteiger partial charge in [0.15, 0.2) is 11.1 Å². The highest BCUT2D eigenvalue weighted by molar-refractivity contribution is 14.0. The van der Waals surface area contributed by atoms with Gasteiger partial charge < -0.3 is 20.3 Å². The topological polar surface area (TPSA) is 61.8 Å². The van der Waals surface area contributed by atoms with Gasteiger partial charge in [-0.25, -0.2) is 4.98 Å². The normalized spacial score (nSPS) is 16.3. The SMILES string of the molecule is CN=C(NCc1csc(N(C)C)n1)NC1CCOc2ccccc21.I. The number of ether oxygens (including phenoxy) is 1. The van der Waals surface area contributed by atoms with Gasteiger partial charge in [0.05, 0.1) is 24.9 Å². The molecule has 1 aromatic heterocycles. The molecule has 1 aromatic carbocycles. The van der Waals surface area contributed by atoms with Crippen molar-refractivity contribution in [3.63, 3.8) is 0 Å². The number of anilines is 1. The molecule has 0 fully saturated rings. The molecule has 0 spiro atoms. The van der Waals surface area contributed by atoms with Crippen LogP contribution in [-0.4, -0.2) is 38.7 Å². The van der Waals surface area contributed by atoms with Crippen LogP contribution in [0.3, 0.4) is 0 Å². The number of aliphatic imine (C=N–C) groups is 1. The molecule has 0 radical (unpaired) electrons. The number of halogens is 1. The molecule has 6 nitrogen and oxygen atoms in total. The predicted molar refractivity (Wildman–Crippen MR) is 114 cm³/mol. The molecule has 0 saturated carbocycles. The van der Waals surface area contributed by atoms with Crippen LogP contribution in [0.4, 0.5) is 5.13 Å². The first-order chi connectivity index (χ1) is 11.7. The maximum absolute atomic E-state index is 5.71. The smallest absolute Gasteiger partial charge is 0.191 e. The van der Waals surface area contributed by atoms with E-state index in [4.69, 9.17) is 4.74 Å². The van der Waals surface area contributed by atoms with Crippen molar-refractivity contribution in [1.82, 2.24) is 15.6 Å². The van der Waals surface area contributed by atoms with E-state index in [1.807, 2.05) is 37.2 Å². The Morgan fingerprint density at radius 3 is 2.92 bits per heavy atom. The van der Waals surface area contributed by atoms with Crippen LogP contribution < -0.4 is 20.3 Å². The van der Waals surface area contributed by atoms with E-state index in [9.17, 15) is 0 Å². The summed E-state index contributed by atoms with van der Waals surface area (Å²) in [6, 6.07) is 8.35. The molecular weight excluding hydrogens is 449 g/mol. The van der Waals surface area contributed by atoms with Crippen LogP contribution in [0.5, 0.6) is 5.75 Å². The third-order valence-corrected chi connectivity index (χ3v) is 4.91. The molecule has 3 rings (SSSR count). The zero-order chi connectivity index (χ0) is 16.9. The minimum Gasteiger partial charge on any atom is -0.493 e. The predicted octanol–water partition coefficient (Wildman–Crippen LogP) is 3.02. The summed E-state index contributed by atoms with van der Waals surface area (Å²) >= 11 is 1.64. The molecule has 1 aliphatic heterocycles. The zero-order valence-electron chi connectivity index (χ0n) is 14.7. The fourth-order valence-corrected chi connectivity index (χ4v) is 3.37. The Morgan fingerprint density at radius 1 is 1.40 bits per heavy atom. The summed E-state index contributed by atoms with van der Waals surface area (Å²) in [7, 11) is 5.78. The van der Waals surface area contributed by atoms with Crippen LogP contribution in [0.2, 0.25) is 0 Å². The van der Waals surface area contributed by atoms with Crippen molar-refractivity contribution >= 4 is 46.4 Å². The molecule has 136 valence electrons. The van der Waals surface area contributed by atoms with Crippen molar-refractivity contribution in [3.8, 4) is 5.75 Å².